The number of anilines is 1. The van der Waals surface area contributed by atoms with Crippen molar-refractivity contribution in [2.75, 3.05) is 12.4 Å². The van der Waals surface area contributed by atoms with Crippen LogP contribution in [0.3, 0.4) is 0 Å². The lowest BCUT2D eigenvalue weighted by molar-refractivity contribution is -0.115. The van der Waals surface area contributed by atoms with E-state index in [0.717, 1.165) is 16.9 Å². The van der Waals surface area contributed by atoms with Gasteiger partial charge >= 0.3 is 0 Å². The van der Waals surface area contributed by atoms with Crippen molar-refractivity contribution in [3.63, 3.8) is 0 Å². The number of carbonyl (C=O) groups excluding carboxylic acids is 1. The topological polar surface area (TPSA) is 73.2 Å². The van der Waals surface area contributed by atoms with Crippen LogP contribution >= 0.6 is 0 Å². The Hall–Kier alpha value is -3.00. The number of ether oxygens (including phenoxy) is 1. The molecule has 0 spiro atoms. The van der Waals surface area contributed by atoms with Crippen LogP contribution in [-0.4, -0.2) is 27.0 Å². The summed E-state index contributed by atoms with van der Waals surface area (Å²) in [7, 11) is 0.562. The van der Waals surface area contributed by atoms with Gasteiger partial charge in [0.15, 0.2) is 0 Å². The van der Waals surface area contributed by atoms with E-state index in [9.17, 15) is 13.4 Å². The van der Waals surface area contributed by atoms with Crippen LogP contribution in [-0.2, 0) is 33.5 Å². The lowest BCUT2D eigenvalue weighted by Gasteiger charge is -2.11. The van der Waals surface area contributed by atoms with Crippen LogP contribution in [0.4, 0.5) is 10.2 Å². The molecule has 0 saturated carbocycles. The quantitative estimate of drug-likeness (QED) is 0.716. The molecule has 1 atom stereocenters. The third-order valence-electron chi connectivity index (χ3n) is 4.52. The van der Waals surface area contributed by atoms with E-state index in [1.165, 1.54) is 12.1 Å². The van der Waals surface area contributed by atoms with Gasteiger partial charge in [0.05, 0.1) is 36.4 Å². The van der Waals surface area contributed by atoms with E-state index in [2.05, 4.69) is 10.4 Å². The zero-order valence-electron chi connectivity index (χ0n) is 15.1. The summed E-state index contributed by atoms with van der Waals surface area (Å²) in [6.45, 7) is 0. The Morgan fingerprint density at radius 3 is 2.57 bits per heavy atom. The van der Waals surface area contributed by atoms with Crippen molar-refractivity contribution in [2.45, 2.75) is 17.9 Å². The van der Waals surface area contributed by atoms with Crippen molar-refractivity contribution in [3.8, 4) is 11.4 Å². The summed E-state index contributed by atoms with van der Waals surface area (Å²) >= 11 is 0. The molecule has 1 aliphatic rings. The van der Waals surface area contributed by atoms with Gasteiger partial charge in [-0.15, -0.1) is 0 Å². The second-order valence-corrected chi connectivity index (χ2v) is 7.92. The molecular weight excluding hydrogens is 381 g/mol. The Labute approximate surface area is 163 Å². The maximum Gasteiger partial charge on any atom is 0.229 e. The molecule has 3 aromatic rings. The largest absolute Gasteiger partial charge is 0.497 e. The van der Waals surface area contributed by atoms with Gasteiger partial charge in [-0.05, 0) is 42.0 Å². The van der Waals surface area contributed by atoms with Crippen molar-refractivity contribution in [1.82, 2.24) is 9.78 Å². The van der Waals surface area contributed by atoms with Gasteiger partial charge in [0.2, 0.25) is 5.91 Å². The molecule has 144 valence electrons. The molecule has 1 N–H and O–H groups in total. The van der Waals surface area contributed by atoms with Crippen molar-refractivity contribution >= 4 is 22.5 Å². The number of fused-ring (bicyclic) bond motifs is 1. The van der Waals surface area contributed by atoms with Crippen molar-refractivity contribution in [1.29, 1.82) is 0 Å². The first-order valence-corrected chi connectivity index (χ1v) is 10.2. The molecule has 1 unspecified atom stereocenters. The normalized spacial score (nSPS) is 15.3. The number of hydrogen-bond acceptors (Lipinski definition) is 4. The number of methoxy groups -OCH3 is 1. The Kier molecular flexibility index (Phi) is 4.95. The number of nitrogens with one attached hydrogen (secondary N) is 1. The van der Waals surface area contributed by atoms with Crippen LogP contribution in [0.5, 0.6) is 5.75 Å². The standard InChI is InChI=1S/C20H18FN3O3S/c1-27-16-8-2-13(3-9-16)10-19(25)22-20-17-11-28(26)12-18(17)23-24(20)15-6-4-14(21)5-7-15/h2-9H,10-12H2,1H3,(H,22,25). The first-order chi connectivity index (χ1) is 13.5. The van der Waals surface area contributed by atoms with Crippen LogP contribution in [0.25, 0.3) is 5.69 Å². The summed E-state index contributed by atoms with van der Waals surface area (Å²) in [6.07, 6.45) is 0.177. The highest BCUT2D eigenvalue weighted by molar-refractivity contribution is 7.83. The Balaban J connectivity index is 1.61. The van der Waals surface area contributed by atoms with Gasteiger partial charge in [-0.25, -0.2) is 9.07 Å². The number of hydrogen-bond donors (Lipinski definition) is 1. The first-order valence-electron chi connectivity index (χ1n) is 8.68. The molecule has 1 amide bonds. The maximum absolute atomic E-state index is 13.3. The van der Waals surface area contributed by atoms with Crippen LogP contribution in [0.1, 0.15) is 16.8 Å². The molecule has 0 fully saturated rings. The number of carbonyl (C=O) groups is 1. The monoisotopic (exact) mass is 399 g/mol. The van der Waals surface area contributed by atoms with Gasteiger partial charge in [-0.2, -0.15) is 5.10 Å². The average molecular weight is 399 g/mol. The van der Waals surface area contributed by atoms with E-state index in [1.807, 2.05) is 12.1 Å². The van der Waals surface area contributed by atoms with Crippen LogP contribution in [0, 0.1) is 5.82 Å². The van der Waals surface area contributed by atoms with Gasteiger partial charge in [0.1, 0.15) is 17.4 Å². The molecule has 8 heteroatoms. The molecule has 6 nitrogen and oxygen atoms in total. The molecule has 0 bridgehead atoms. The highest BCUT2D eigenvalue weighted by Gasteiger charge is 2.28. The van der Waals surface area contributed by atoms with Crippen molar-refractivity contribution in [2.24, 2.45) is 0 Å². The number of aromatic nitrogens is 2. The zero-order valence-corrected chi connectivity index (χ0v) is 16.0. The second kappa shape index (κ2) is 7.55. The average Bonchev–Trinajstić information content (AvgIpc) is 3.20. The first kappa shape index (κ1) is 18.4. The number of amides is 1. The van der Waals surface area contributed by atoms with E-state index in [1.54, 1.807) is 36.1 Å². The molecule has 0 radical (unpaired) electrons. The summed E-state index contributed by atoms with van der Waals surface area (Å²) < 4.78 is 31.9. The number of benzene rings is 2. The van der Waals surface area contributed by atoms with Gasteiger partial charge in [-0.1, -0.05) is 12.1 Å². The van der Waals surface area contributed by atoms with Crippen LogP contribution in [0.15, 0.2) is 48.5 Å². The minimum absolute atomic E-state index is 0.177. The zero-order chi connectivity index (χ0) is 19.7. The smallest absolute Gasteiger partial charge is 0.229 e. The van der Waals surface area contributed by atoms with Gasteiger partial charge < -0.3 is 10.1 Å². The molecule has 2 heterocycles. The summed E-state index contributed by atoms with van der Waals surface area (Å²) in [5.41, 5.74) is 2.93. The maximum atomic E-state index is 13.3. The van der Waals surface area contributed by atoms with Gasteiger partial charge in [-0.3, -0.25) is 9.00 Å². The summed E-state index contributed by atoms with van der Waals surface area (Å²) in [5, 5.41) is 7.40. The Morgan fingerprint density at radius 1 is 1.18 bits per heavy atom. The molecule has 28 heavy (non-hydrogen) atoms. The molecule has 1 aromatic heterocycles. The lowest BCUT2D eigenvalue weighted by Crippen LogP contribution is -2.18. The van der Waals surface area contributed by atoms with E-state index in [-0.39, 0.29) is 18.1 Å². The molecule has 1 aliphatic heterocycles. The Bertz CT molecular complexity index is 1050. The number of nitrogens with zero attached hydrogens (tertiary/aromatic N) is 2. The molecule has 0 aliphatic carbocycles. The number of halogens is 1. The summed E-state index contributed by atoms with van der Waals surface area (Å²) in [4.78, 5) is 12.6. The van der Waals surface area contributed by atoms with Crippen LogP contribution < -0.4 is 10.1 Å². The van der Waals surface area contributed by atoms with Crippen LogP contribution in [0.2, 0.25) is 0 Å². The minimum Gasteiger partial charge on any atom is -0.497 e. The fourth-order valence-corrected chi connectivity index (χ4v) is 4.39. The summed E-state index contributed by atoms with van der Waals surface area (Å²) in [6, 6.07) is 13.1. The predicted molar refractivity (Wildman–Crippen MR) is 104 cm³/mol. The van der Waals surface area contributed by atoms with E-state index in [4.69, 9.17) is 4.74 Å². The third kappa shape index (κ3) is 3.68. The molecular formula is C20H18FN3O3S. The van der Waals surface area contributed by atoms with Crippen molar-refractivity contribution < 1.29 is 18.1 Å². The number of rotatable bonds is 5. The highest BCUT2D eigenvalue weighted by Crippen LogP contribution is 2.31. The lowest BCUT2D eigenvalue weighted by atomic mass is 10.1. The molecule has 4 rings (SSSR count). The summed E-state index contributed by atoms with van der Waals surface area (Å²) in [5.74, 6) is 1.34. The fourth-order valence-electron chi connectivity index (χ4n) is 3.13. The van der Waals surface area contributed by atoms with Crippen molar-refractivity contribution in [3.05, 3.63) is 71.2 Å². The van der Waals surface area contributed by atoms with E-state index >= 15 is 0 Å². The molecule has 2 aromatic carbocycles. The second-order valence-electron chi connectivity index (χ2n) is 6.46. The SMILES string of the molecule is COc1ccc(CC(=O)Nc2c3c(nn2-c2ccc(F)cc2)CS(=O)C3)cc1. The van der Waals surface area contributed by atoms with E-state index < -0.39 is 10.8 Å². The molecule has 0 saturated heterocycles. The van der Waals surface area contributed by atoms with Gasteiger partial charge in [0.25, 0.3) is 0 Å². The highest BCUT2D eigenvalue weighted by atomic mass is 32.2. The van der Waals surface area contributed by atoms with Gasteiger partial charge in [0, 0.05) is 16.4 Å². The minimum atomic E-state index is -1.02. The fraction of sp³-hybridized carbons (Fsp3) is 0.200. The third-order valence-corrected chi connectivity index (χ3v) is 5.73. The Morgan fingerprint density at radius 2 is 1.89 bits per heavy atom. The predicted octanol–water partition coefficient (Wildman–Crippen LogP) is 2.96. The van der Waals surface area contributed by atoms with E-state index in [0.29, 0.717) is 28.7 Å².